The van der Waals surface area contributed by atoms with Gasteiger partial charge >= 0.3 is 0 Å². The number of phenolic OH excluding ortho intramolecular Hbond substituents is 1. The van der Waals surface area contributed by atoms with E-state index in [1.165, 1.54) is 0 Å². The van der Waals surface area contributed by atoms with Crippen molar-refractivity contribution in [1.82, 2.24) is 0 Å². The number of hydrogen-bond donors (Lipinski definition) is 2. The third-order valence-electron chi connectivity index (χ3n) is 1.59. The van der Waals surface area contributed by atoms with E-state index in [9.17, 15) is 5.11 Å². The van der Waals surface area contributed by atoms with Crippen LogP contribution in [0.2, 0.25) is 0 Å². The highest BCUT2D eigenvalue weighted by Gasteiger charge is 1.99. The summed E-state index contributed by atoms with van der Waals surface area (Å²) in [6.07, 6.45) is 0. The predicted octanol–water partition coefficient (Wildman–Crippen LogP) is 1.16. The lowest BCUT2D eigenvalue weighted by molar-refractivity contribution is 0.467. The molecule has 0 radical (unpaired) electrons. The molecule has 0 aliphatic rings. The first-order valence-corrected chi connectivity index (χ1v) is 3.23. The van der Waals surface area contributed by atoms with Crippen LogP contribution in [0.4, 0.5) is 0 Å². The Morgan fingerprint density at radius 1 is 1.50 bits per heavy atom. The minimum atomic E-state index is 0.294. The van der Waals surface area contributed by atoms with E-state index in [1.54, 1.807) is 6.07 Å². The molecule has 3 N–H and O–H groups in total. The number of nitrogens with two attached hydrogens (primary N) is 1. The summed E-state index contributed by atoms with van der Waals surface area (Å²) in [5.41, 5.74) is 7.27. The Hall–Kier alpha value is -1.02. The molecule has 2 nitrogen and oxygen atoms in total. The standard InChI is InChI=1S/C8H11NO/c1-6-3-2-4-8(10)7(6)5-9/h2-4,10H,5,9H2,1H3. The highest BCUT2D eigenvalue weighted by molar-refractivity contribution is 5.37. The van der Waals surface area contributed by atoms with E-state index >= 15 is 0 Å². The second kappa shape index (κ2) is 2.71. The maximum atomic E-state index is 9.21. The van der Waals surface area contributed by atoms with Gasteiger partial charge in [-0.25, -0.2) is 0 Å². The molecular formula is C8H11NO. The van der Waals surface area contributed by atoms with Gasteiger partial charge in [0.15, 0.2) is 0 Å². The summed E-state index contributed by atoms with van der Waals surface area (Å²) >= 11 is 0. The largest absolute Gasteiger partial charge is 0.508 e. The van der Waals surface area contributed by atoms with Crippen molar-refractivity contribution in [3.05, 3.63) is 29.3 Å². The average molecular weight is 137 g/mol. The molecule has 0 saturated heterocycles. The topological polar surface area (TPSA) is 46.2 Å². The van der Waals surface area contributed by atoms with Gasteiger partial charge in [-0.1, -0.05) is 12.1 Å². The second-order valence-electron chi connectivity index (χ2n) is 2.28. The van der Waals surface area contributed by atoms with Crippen molar-refractivity contribution >= 4 is 0 Å². The van der Waals surface area contributed by atoms with Gasteiger partial charge in [0.25, 0.3) is 0 Å². The third-order valence-corrected chi connectivity index (χ3v) is 1.59. The van der Waals surface area contributed by atoms with Gasteiger partial charge in [0.05, 0.1) is 0 Å². The Kier molecular flexibility index (Phi) is 1.92. The smallest absolute Gasteiger partial charge is 0.120 e. The lowest BCUT2D eigenvalue weighted by atomic mass is 10.1. The Labute approximate surface area is 60.3 Å². The monoisotopic (exact) mass is 137 g/mol. The Morgan fingerprint density at radius 2 is 2.20 bits per heavy atom. The minimum Gasteiger partial charge on any atom is -0.508 e. The summed E-state index contributed by atoms with van der Waals surface area (Å²) in [7, 11) is 0. The molecule has 0 saturated carbocycles. The number of rotatable bonds is 1. The van der Waals surface area contributed by atoms with E-state index in [1.807, 2.05) is 19.1 Å². The number of aromatic hydroxyl groups is 1. The molecule has 0 bridgehead atoms. The second-order valence-corrected chi connectivity index (χ2v) is 2.28. The highest BCUT2D eigenvalue weighted by Crippen LogP contribution is 2.18. The highest BCUT2D eigenvalue weighted by atomic mass is 16.3. The molecule has 0 aliphatic carbocycles. The zero-order valence-electron chi connectivity index (χ0n) is 5.96. The van der Waals surface area contributed by atoms with E-state index in [0.29, 0.717) is 12.3 Å². The fourth-order valence-corrected chi connectivity index (χ4v) is 0.952. The molecule has 2 heteroatoms. The summed E-state index contributed by atoms with van der Waals surface area (Å²) < 4.78 is 0. The lowest BCUT2D eigenvalue weighted by Gasteiger charge is -2.03. The van der Waals surface area contributed by atoms with E-state index in [0.717, 1.165) is 11.1 Å². The van der Waals surface area contributed by atoms with Gasteiger partial charge in [0.1, 0.15) is 5.75 Å². The van der Waals surface area contributed by atoms with E-state index in [4.69, 9.17) is 5.73 Å². The summed E-state index contributed by atoms with van der Waals surface area (Å²) in [4.78, 5) is 0. The number of aryl methyl sites for hydroxylation is 1. The Bertz CT molecular complexity index is 212. The maximum Gasteiger partial charge on any atom is 0.120 e. The Morgan fingerprint density at radius 3 is 2.60 bits per heavy atom. The first-order valence-electron chi connectivity index (χ1n) is 3.23. The van der Waals surface area contributed by atoms with Crippen LogP contribution in [-0.4, -0.2) is 5.11 Å². The molecule has 0 heterocycles. The third kappa shape index (κ3) is 1.11. The quantitative estimate of drug-likeness (QED) is 0.610. The van der Waals surface area contributed by atoms with Gasteiger partial charge in [-0.15, -0.1) is 0 Å². The van der Waals surface area contributed by atoms with E-state index < -0.39 is 0 Å². The van der Waals surface area contributed by atoms with Crippen LogP contribution in [0.5, 0.6) is 5.75 Å². The van der Waals surface area contributed by atoms with Crippen molar-refractivity contribution in [2.45, 2.75) is 13.5 Å². The number of benzene rings is 1. The molecule has 10 heavy (non-hydrogen) atoms. The SMILES string of the molecule is Cc1cccc(O)c1CN. The minimum absolute atomic E-state index is 0.294. The average Bonchev–Trinajstić information content (AvgIpc) is 1.88. The van der Waals surface area contributed by atoms with Gasteiger partial charge in [0.2, 0.25) is 0 Å². The first kappa shape index (κ1) is 7.09. The van der Waals surface area contributed by atoms with Crippen molar-refractivity contribution in [1.29, 1.82) is 0 Å². The fraction of sp³-hybridized carbons (Fsp3) is 0.250. The van der Waals surface area contributed by atoms with Crippen molar-refractivity contribution in [3.8, 4) is 5.75 Å². The van der Waals surface area contributed by atoms with Gasteiger partial charge in [-0.05, 0) is 18.6 Å². The van der Waals surface area contributed by atoms with Crippen LogP contribution in [0.15, 0.2) is 18.2 Å². The van der Waals surface area contributed by atoms with Gasteiger partial charge in [0, 0.05) is 12.1 Å². The van der Waals surface area contributed by atoms with Gasteiger partial charge < -0.3 is 10.8 Å². The predicted molar refractivity (Wildman–Crippen MR) is 40.7 cm³/mol. The molecule has 54 valence electrons. The fourth-order valence-electron chi connectivity index (χ4n) is 0.952. The van der Waals surface area contributed by atoms with Crippen LogP contribution in [0.1, 0.15) is 11.1 Å². The van der Waals surface area contributed by atoms with Gasteiger partial charge in [-0.3, -0.25) is 0 Å². The van der Waals surface area contributed by atoms with Crippen LogP contribution >= 0.6 is 0 Å². The summed E-state index contributed by atoms with van der Waals surface area (Å²) in [6, 6.07) is 5.39. The molecule has 1 aromatic carbocycles. The molecule has 1 rings (SSSR count). The molecular weight excluding hydrogens is 126 g/mol. The summed E-state index contributed by atoms with van der Waals surface area (Å²) in [5.74, 6) is 0.294. The Balaban J connectivity index is 3.17. The van der Waals surface area contributed by atoms with E-state index in [-0.39, 0.29) is 0 Å². The molecule has 0 aliphatic heterocycles. The zero-order valence-corrected chi connectivity index (χ0v) is 5.96. The number of hydrogen-bond acceptors (Lipinski definition) is 2. The zero-order chi connectivity index (χ0) is 7.56. The van der Waals surface area contributed by atoms with Crippen LogP contribution in [0.25, 0.3) is 0 Å². The summed E-state index contributed by atoms with van der Waals surface area (Å²) in [6.45, 7) is 2.33. The van der Waals surface area contributed by atoms with Crippen LogP contribution < -0.4 is 5.73 Å². The first-order chi connectivity index (χ1) is 4.75. The molecule has 0 amide bonds. The normalized spacial score (nSPS) is 9.80. The van der Waals surface area contributed by atoms with Crippen LogP contribution in [0, 0.1) is 6.92 Å². The molecule has 0 atom stereocenters. The van der Waals surface area contributed by atoms with Gasteiger partial charge in [-0.2, -0.15) is 0 Å². The molecule has 0 spiro atoms. The number of phenols is 1. The molecule has 0 aromatic heterocycles. The summed E-state index contributed by atoms with van der Waals surface area (Å²) in [5, 5.41) is 9.21. The van der Waals surface area contributed by atoms with Crippen molar-refractivity contribution in [2.24, 2.45) is 5.73 Å². The van der Waals surface area contributed by atoms with Crippen molar-refractivity contribution in [2.75, 3.05) is 0 Å². The van der Waals surface area contributed by atoms with Crippen LogP contribution in [-0.2, 0) is 6.54 Å². The maximum absolute atomic E-state index is 9.21. The molecule has 1 aromatic rings. The van der Waals surface area contributed by atoms with Crippen molar-refractivity contribution in [3.63, 3.8) is 0 Å². The van der Waals surface area contributed by atoms with Crippen LogP contribution in [0.3, 0.4) is 0 Å². The molecule has 0 fully saturated rings. The molecule has 0 unspecified atom stereocenters. The lowest BCUT2D eigenvalue weighted by Crippen LogP contribution is -1.98. The van der Waals surface area contributed by atoms with E-state index in [2.05, 4.69) is 0 Å². The van der Waals surface area contributed by atoms with Crippen molar-refractivity contribution < 1.29 is 5.11 Å².